The predicted molar refractivity (Wildman–Crippen MR) is 86.7 cm³/mol. The summed E-state index contributed by atoms with van der Waals surface area (Å²) in [6.07, 6.45) is 3.02. The maximum Gasteiger partial charge on any atom is 0.167 e. The van der Waals surface area contributed by atoms with E-state index in [1.165, 1.54) is 6.07 Å². The van der Waals surface area contributed by atoms with Crippen molar-refractivity contribution in [2.45, 2.75) is 24.8 Å². The first kappa shape index (κ1) is 15.9. The van der Waals surface area contributed by atoms with Gasteiger partial charge >= 0.3 is 0 Å². The van der Waals surface area contributed by atoms with Crippen molar-refractivity contribution < 1.29 is 9.13 Å². The number of para-hydroxylation sites is 2. The third kappa shape index (κ3) is 4.22. The molecule has 112 valence electrons. The number of rotatable bonds is 7. The number of benzene rings is 2. The molecule has 1 N–H and O–H groups in total. The van der Waals surface area contributed by atoms with Crippen LogP contribution in [-0.2, 0) is 6.54 Å². The van der Waals surface area contributed by atoms with E-state index in [4.69, 9.17) is 4.74 Å². The molecular formula is C17H20FNOS. The maximum atomic E-state index is 14.1. The maximum absolute atomic E-state index is 14.1. The second-order valence-electron chi connectivity index (χ2n) is 4.66. The Morgan fingerprint density at radius 2 is 1.95 bits per heavy atom. The minimum absolute atomic E-state index is 0.308. The Hall–Kier alpha value is -1.52. The lowest BCUT2D eigenvalue weighted by Crippen LogP contribution is -2.14. The van der Waals surface area contributed by atoms with Crippen molar-refractivity contribution in [3.63, 3.8) is 0 Å². The fraction of sp³-hybridized carbons (Fsp3) is 0.294. The number of ether oxygens (including phenoxy) is 1. The van der Waals surface area contributed by atoms with Gasteiger partial charge in [-0.15, -0.1) is 11.8 Å². The lowest BCUT2D eigenvalue weighted by molar-refractivity contribution is 0.425. The number of hydrogen-bond acceptors (Lipinski definition) is 3. The Labute approximate surface area is 129 Å². The molecule has 0 saturated carbocycles. The van der Waals surface area contributed by atoms with Crippen molar-refractivity contribution >= 4 is 11.8 Å². The van der Waals surface area contributed by atoms with E-state index < -0.39 is 0 Å². The third-order valence-electron chi connectivity index (χ3n) is 3.07. The van der Waals surface area contributed by atoms with Gasteiger partial charge < -0.3 is 10.1 Å². The minimum Gasteiger partial charge on any atom is -0.453 e. The van der Waals surface area contributed by atoms with Crippen LogP contribution in [0.15, 0.2) is 47.4 Å². The molecule has 0 bridgehead atoms. The van der Waals surface area contributed by atoms with Gasteiger partial charge in [0.05, 0.1) is 0 Å². The topological polar surface area (TPSA) is 21.3 Å². The highest BCUT2D eigenvalue weighted by atomic mass is 32.2. The van der Waals surface area contributed by atoms with Crippen LogP contribution in [-0.4, -0.2) is 12.8 Å². The molecule has 0 amide bonds. The molecule has 2 aromatic rings. The first-order chi connectivity index (χ1) is 10.3. The molecular weight excluding hydrogens is 285 g/mol. The van der Waals surface area contributed by atoms with Gasteiger partial charge in [0.15, 0.2) is 11.6 Å². The van der Waals surface area contributed by atoms with Crippen molar-refractivity contribution in [3.8, 4) is 11.5 Å². The first-order valence-corrected chi connectivity index (χ1v) is 8.27. The largest absolute Gasteiger partial charge is 0.453 e. The van der Waals surface area contributed by atoms with Crippen LogP contribution in [0.4, 0.5) is 4.39 Å². The summed E-state index contributed by atoms with van der Waals surface area (Å²) in [6.45, 7) is 3.60. The van der Waals surface area contributed by atoms with E-state index in [0.29, 0.717) is 18.0 Å². The SMILES string of the molecule is CCCNCc1cccc(F)c1Oc1ccccc1SC. The summed E-state index contributed by atoms with van der Waals surface area (Å²) < 4.78 is 20.0. The van der Waals surface area contributed by atoms with Gasteiger partial charge in [0.25, 0.3) is 0 Å². The van der Waals surface area contributed by atoms with Crippen molar-refractivity contribution in [1.82, 2.24) is 5.32 Å². The Balaban J connectivity index is 2.25. The van der Waals surface area contributed by atoms with Gasteiger partial charge in [-0.05, 0) is 37.4 Å². The molecule has 0 atom stereocenters. The van der Waals surface area contributed by atoms with Crippen LogP contribution < -0.4 is 10.1 Å². The molecule has 2 nitrogen and oxygen atoms in total. The van der Waals surface area contributed by atoms with Gasteiger partial charge in [-0.25, -0.2) is 4.39 Å². The van der Waals surface area contributed by atoms with Crippen LogP contribution in [0.25, 0.3) is 0 Å². The Kier molecular flexibility index (Phi) is 6.08. The second-order valence-corrected chi connectivity index (χ2v) is 5.51. The van der Waals surface area contributed by atoms with E-state index in [2.05, 4.69) is 12.2 Å². The van der Waals surface area contributed by atoms with Gasteiger partial charge in [0, 0.05) is 17.0 Å². The average molecular weight is 305 g/mol. The summed E-state index contributed by atoms with van der Waals surface area (Å²) in [5.74, 6) is 0.663. The molecule has 0 aliphatic heterocycles. The zero-order chi connectivity index (χ0) is 15.1. The summed E-state index contributed by atoms with van der Waals surface area (Å²) >= 11 is 1.58. The fourth-order valence-corrected chi connectivity index (χ4v) is 2.55. The quantitative estimate of drug-likeness (QED) is 0.584. The molecule has 0 aliphatic rings. The minimum atomic E-state index is -0.332. The lowest BCUT2D eigenvalue weighted by Gasteiger charge is -2.14. The summed E-state index contributed by atoms with van der Waals surface area (Å²) in [5, 5.41) is 3.28. The molecule has 0 aromatic heterocycles. The summed E-state index contributed by atoms with van der Waals surface area (Å²) in [7, 11) is 0. The second kappa shape index (κ2) is 8.05. The third-order valence-corrected chi connectivity index (χ3v) is 3.85. The van der Waals surface area contributed by atoms with E-state index in [1.807, 2.05) is 36.6 Å². The van der Waals surface area contributed by atoms with Gasteiger partial charge in [0.2, 0.25) is 0 Å². The summed E-state index contributed by atoms with van der Waals surface area (Å²) in [5.41, 5.74) is 0.833. The average Bonchev–Trinajstić information content (AvgIpc) is 2.51. The van der Waals surface area contributed by atoms with Crippen LogP contribution >= 0.6 is 11.8 Å². The van der Waals surface area contributed by atoms with E-state index in [1.54, 1.807) is 17.8 Å². The highest BCUT2D eigenvalue weighted by Crippen LogP contribution is 2.34. The van der Waals surface area contributed by atoms with E-state index in [-0.39, 0.29) is 5.82 Å². The highest BCUT2D eigenvalue weighted by molar-refractivity contribution is 7.98. The fourth-order valence-electron chi connectivity index (χ4n) is 2.02. The Morgan fingerprint density at radius 1 is 1.14 bits per heavy atom. The van der Waals surface area contributed by atoms with Crippen LogP contribution in [0.1, 0.15) is 18.9 Å². The van der Waals surface area contributed by atoms with Gasteiger partial charge in [-0.3, -0.25) is 0 Å². The summed E-state index contributed by atoms with van der Waals surface area (Å²) in [4.78, 5) is 0.994. The molecule has 4 heteroatoms. The van der Waals surface area contributed by atoms with Crippen LogP contribution in [0.5, 0.6) is 11.5 Å². The Bertz CT molecular complexity index is 589. The van der Waals surface area contributed by atoms with Crippen molar-refractivity contribution in [2.75, 3.05) is 12.8 Å². The van der Waals surface area contributed by atoms with E-state index in [0.717, 1.165) is 23.4 Å². The smallest absolute Gasteiger partial charge is 0.167 e. The van der Waals surface area contributed by atoms with Crippen molar-refractivity contribution in [2.24, 2.45) is 0 Å². The Morgan fingerprint density at radius 3 is 2.71 bits per heavy atom. The number of thioether (sulfide) groups is 1. The number of hydrogen-bond donors (Lipinski definition) is 1. The van der Waals surface area contributed by atoms with Crippen LogP contribution in [0.2, 0.25) is 0 Å². The van der Waals surface area contributed by atoms with E-state index >= 15 is 0 Å². The molecule has 0 fully saturated rings. The number of halogens is 1. The molecule has 0 aliphatic carbocycles. The first-order valence-electron chi connectivity index (χ1n) is 7.05. The monoisotopic (exact) mass is 305 g/mol. The van der Waals surface area contributed by atoms with E-state index in [9.17, 15) is 4.39 Å². The normalized spacial score (nSPS) is 10.6. The van der Waals surface area contributed by atoms with Gasteiger partial charge in [-0.1, -0.05) is 31.2 Å². The molecule has 0 spiro atoms. The molecule has 2 aromatic carbocycles. The summed E-state index contributed by atoms with van der Waals surface area (Å²) in [6, 6.07) is 12.7. The van der Waals surface area contributed by atoms with Crippen molar-refractivity contribution in [3.05, 3.63) is 53.8 Å². The lowest BCUT2D eigenvalue weighted by atomic mass is 10.2. The zero-order valence-electron chi connectivity index (χ0n) is 12.4. The molecule has 0 radical (unpaired) electrons. The standard InChI is InChI=1S/C17H20FNOS/c1-3-11-19-12-13-7-6-8-14(18)17(13)20-15-9-4-5-10-16(15)21-2/h4-10,19H,3,11-12H2,1-2H3. The van der Waals surface area contributed by atoms with Gasteiger partial charge in [0.1, 0.15) is 5.75 Å². The van der Waals surface area contributed by atoms with Crippen LogP contribution in [0, 0.1) is 5.82 Å². The highest BCUT2D eigenvalue weighted by Gasteiger charge is 2.12. The molecule has 2 rings (SSSR count). The molecule has 0 unspecified atom stereocenters. The molecule has 21 heavy (non-hydrogen) atoms. The predicted octanol–water partition coefficient (Wildman–Crippen LogP) is 4.84. The molecule has 0 heterocycles. The van der Waals surface area contributed by atoms with Crippen molar-refractivity contribution in [1.29, 1.82) is 0 Å². The van der Waals surface area contributed by atoms with Crippen LogP contribution in [0.3, 0.4) is 0 Å². The number of nitrogens with one attached hydrogen (secondary N) is 1. The zero-order valence-corrected chi connectivity index (χ0v) is 13.2. The van der Waals surface area contributed by atoms with Gasteiger partial charge in [-0.2, -0.15) is 0 Å². The molecule has 0 saturated heterocycles.